The van der Waals surface area contributed by atoms with Gasteiger partial charge in [0.15, 0.2) is 0 Å². The lowest BCUT2D eigenvalue weighted by Crippen LogP contribution is -2.52. The van der Waals surface area contributed by atoms with Crippen LogP contribution in [0.5, 0.6) is 0 Å². The van der Waals surface area contributed by atoms with Crippen LogP contribution in [-0.2, 0) is 11.3 Å². The standard InChI is InChI=1S/C21H23N7O2S/c29-19(16-31-21-23-24-25-28(21)15-17-7-3-1-4-8-17)26-11-13-27(14-12-26)20(30)22-18-9-5-2-6-10-18/h1-10H,11-16H2,(H,22,30). The number of nitrogens with one attached hydrogen (secondary N) is 1. The smallest absolute Gasteiger partial charge is 0.321 e. The van der Waals surface area contributed by atoms with Crippen molar-refractivity contribution in [3.8, 4) is 0 Å². The molecule has 1 N–H and O–H groups in total. The molecule has 0 radical (unpaired) electrons. The summed E-state index contributed by atoms with van der Waals surface area (Å²) >= 11 is 1.33. The second-order valence-corrected chi connectivity index (χ2v) is 8.00. The van der Waals surface area contributed by atoms with E-state index in [1.165, 1.54) is 11.8 Å². The number of para-hydroxylation sites is 1. The van der Waals surface area contributed by atoms with Gasteiger partial charge in [-0.2, -0.15) is 0 Å². The van der Waals surface area contributed by atoms with Crippen molar-refractivity contribution in [1.82, 2.24) is 30.0 Å². The Morgan fingerprint density at radius 2 is 1.55 bits per heavy atom. The number of carbonyl (C=O) groups is 2. The Morgan fingerprint density at radius 3 is 2.26 bits per heavy atom. The molecule has 10 heteroatoms. The molecule has 1 aliphatic heterocycles. The first-order valence-electron chi connectivity index (χ1n) is 10.0. The fourth-order valence-corrected chi connectivity index (χ4v) is 4.04. The summed E-state index contributed by atoms with van der Waals surface area (Å²) in [5, 5.41) is 15.3. The molecule has 0 spiro atoms. The quantitative estimate of drug-likeness (QED) is 0.594. The highest BCUT2D eigenvalue weighted by Crippen LogP contribution is 2.17. The molecule has 1 aliphatic rings. The van der Waals surface area contributed by atoms with E-state index in [1.54, 1.807) is 14.5 Å². The molecule has 0 atom stereocenters. The minimum absolute atomic E-state index is 0.0161. The number of tetrazole rings is 1. The van der Waals surface area contributed by atoms with Crippen molar-refractivity contribution in [3.63, 3.8) is 0 Å². The molecule has 160 valence electrons. The maximum atomic E-state index is 12.6. The molecule has 3 amide bonds. The van der Waals surface area contributed by atoms with Crippen LogP contribution in [0, 0.1) is 0 Å². The van der Waals surface area contributed by atoms with Crippen LogP contribution in [0.2, 0.25) is 0 Å². The summed E-state index contributed by atoms with van der Waals surface area (Å²) in [6.45, 7) is 2.58. The summed E-state index contributed by atoms with van der Waals surface area (Å²) < 4.78 is 1.69. The number of amides is 3. The SMILES string of the molecule is O=C(CSc1nnnn1Cc1ccccc1)N1CCN(C(=O)Nc2ccccc2)CC1. The van der Waals surface area contributed by atoms with Gasteiger partial charge in [-0.15, -0.1) is 5.10 Å². The molecule has 4 rings (SSSR count). The van der Waals surface area contributed by atoms with Crippen molar-refractivity contribution in [2.75, 3.05) is 37.2 Å². The summed E-state index contributed by atoms with van der Waals surface area (Å²) in [5.74, 6) is 0.271. The lowest BCUT2D eigenvalue weighted by Gasteiger charge is -2.34. The zero-order valence-electron chi connectivity index (χ0n) is 16.9. The second-order valence-electron chi connectivity index (χ2n) is 7.06. The number of thioether (sulfide) groups is 1. The van der Waals surface area contributed by atoms with E-state index in [1.807, 2.05) is 60.7 Å². The number of hydrogen-bond acceptors (Lipinski definition) is 6. The van der Waals surface area contributed by atoms with Crippen LogP contribution in [0.1, 0.15) is 5.56 Å². The van der Waals surface area contributed by atoms with Crippen LogP contribution in [0.25, 0.3) is 0 Å². The van der Waals surface area contributed by atoms with E-state index in [0.717, 1.165) is 11.3 Å². The van der Waals surface area contributed by atoms with Crippen molar-refractivity contribution >= 4 is 29.4 Å². The monoisotopic (exact) mass is 437 g/mol. The summed E-state index contributed by atoms with van der Waals surface area (Å²) in [5.41, 5.74) is 1.85. The predicted octanol–water partition coefficient (Wildman–Crippen LogP) is 2.19. The number of urea groups is 1. The number of rotatable bonds is 6. The van der Waals surface area contributed by atoms with Gasteiger partial charge in [0.1, 0.15) is 0 Å². The van der Waals surface area contributed by atoms with Gasteiger partial charge in [0.05, 0.1) is 12.3 Å². The van der Waals surface area contributed by atoms with Crippen molar-refractivity contribution in [3.05, 3.63) is 66.2 Å². The molecule has 0 unspecified atom stereocenters. The van der Waals surface area contributed by atoms with Crippen LogP contribution >= 0.6 is 11.8 Å². The summed E-state index contributed by atoms with van der Waals surface area (Å²) in [6.07, 6.45) is 0. The number of benzene rings is 2. The number of anilines is 1. The predicted molar refractivity (Wildman–Crippen MR) is 118 cm³/mol. The number of hydrogen-bond donors (Lipinski definition) is 1. The number of piperazine rings is 1. The zero-order valence-corrected chi connectivity index (χ0v) is 17.7. The van der Waals surface area contributed by atoms with Gasteiger partial charge in [0, 0.05) is 31.9 Å². The molecule has 3 aromatic rings. The highest BCUT2D eigenvalue weighted by atomic mass is 32.2. The molecular weight excluding hydrogens is 414 g/mol. The van der Waals surface area contributed by atoms with E-state index in [4.69, 9.17) is 0 Å². The molecule has 1 fully saturated rings. The van der Waals surface area contributed by atoms with E-state index >= 15 is 0 Å². The van der Waals surface area contributed by atoms with E-state index in [9.17, 15) is 9.59 Å². The summed E-state index contributed by atoms with van der Waals surface area (Å²) in [4.78, 5) is 28.5. The number of aromatic nitrogens is 4. The Kier molecular flexibility index (Phi) is 6.78. The normalized spacial score (nSPS) is 13.8. The van der Waals surface area contributed by atoms with E-state index in [-0.39, 0.29) is 17.7 Å². The van der Waals surface area contributed by atoms with E-state index < -0.39 is 0 Å². The molecule has 9 nitrogen and oxygen atoms in total. The van der Waals surface area contributed by atoms with Crippen LogP contribution in [0.3, 0.4) is 0 Å². The third-order valence-electron chi connectivity index (χ3n) is 4.94. The van der Waals surface area contributed by atoms with Crippen LogP contribution in [-0.4, -0.2) is 73.9 Å². The van der Waals surface area contributed by atoms with Crippen molar-refractivity contribution < 1.29 is 9.59 Å². The van der Waals surface area contributed by atoms with Gasteiger partial charge in [-0.3, -0.25) is 4.79 Å². The zero-order chi connectivity index (χ0) is 21.5. The summed E-state index contributed by atoms with van der Waals surface area (Å²) in [7, 11) is 0. The van der Waals surface area contributed by atoms with Crippen molar-refractivity contribution in [2.45, 2.75) is 11.7 Å². The Morgan fingerprint density at radius 1 is 0.903 bits per heavy atom. The van der Waals surface area contributed by atoms with Crippen molar-refractivity contribution in [1.29, 1.82) is 0 Å². The minimum Gasteiger partial charge on any atom is -0.338 e. The molecule has 2 heterocycles. The molecule has 0 aliphatic carbocycles. The Labute approximate surface area is 184 Å². The van der Waals surface area contributed by atoms with Gasteiger partial charge in [-0.05, 0) is 28.1 Å². The number of nitrogens with zero attached hydrogens (tertiary/aromatic N) is 6. The van der Waals surface area contributed by atoms with Gasteiger partial charge >= 0.3 is 6.03 Å². The Balaban J connectivity index is 1.24. The van der Waals surface area contributed by atoms with Gasteiger partial charge in [-0.1, -0.05) is 60.3 Å². The molecule has 31 heavy (non-hydrogen) atoms. The third kappa shape index (κ3) is 5.60. The molecule has 1 saturated heterocycles. The maximum absolute atomic E-state index is 12.6. The van der Waals surface area contributed by atoms with Gasteiger partial charge < -0.3 is 15.1 Å². The first kappa shape index (κ1) is 20.9. The highest BCUT2D eigenvalue weighted by molar-refractivity contribution is 7.99. The average molecular weight is 438 g/mol. The van der Waals surface area contributed by atoms with Gasteiger partial charge in [0.2, 0.25) is 11.1 Å². The number of carbonyl (C=O) groups excluding carboxylic acids is 2. The third-order valence-corrected chi connectivity index (χ3v) is 5.89. The van der Waals surface area contributed by atoms with Crippen LogP contribution < -0.4 is 5.32 Å². The largest absolute Gasteiger partial charge is 0.338 e. The Hall–Kier alpha value is -3.40. The molecule has 2 aromatic carbocycles. The van der Waals surface area contributed by atoms with Crippen LogP contribution in [0.15, 0.2) is 65.8 Å². The van der Waals surface area contributed by atoms with E-state index in [0.29, 0.717) is 37.9 Å². The molecule has 1 aromatic heterocycles. The molecule has 0 bridgehead atoms. The van der Waals surface area contributed by atoms with Gasteiger partial charge in [0.25, 0.3) is 0 Å². The second kappa shape index (κ2) is 10.1. The fourth-order valence-electron chi connectivity index (χ4n) is 3.26. The summed E-state index contributed by atoms with van der Waals surface area (Å²) in [6, 6.07) is 19.1. The molecular formula is C21H23N7O2S. The first-order chi connectivity index (χ1) is 15.2. The van der Waals surface area contributed by atoms with Crippen LogP contribution in [0.4, 0.5) is 10.5 Å². The lowest BCUT2D eigenvalue weighted by molar-refractivity contribution is -0.129. The van der Waals surface area contributed by atoms with Gasteiger partial charge in [-0.25, -0.2) is 9.48 Å². The highest BCUT2D eigenvalue weighted by Gasteiger charge is 2.24. The molecule has 0 saturated carbocycles. The fraction of sp³-hybridized carbons (Fsp3) is 0.286. The first-order valence-corrected chi connectivity index (χ1v) is 11.0. The van der Waals surface area contributed by atoms with Crippen molar-refractivity contribution in [2.24, 2.45) is 0 Å². The van der Waals surface area contributed by atoms with E-state index in [2.05, 4.69) is 20.8 Å². The topological polar surface area (TPSA) is 96.2 Å². The minimum atomic E-state index is -0.146. The maximum Gasteiger partial charge on any atom is 0.321 e. The Bertz CT molecular complexity index is 1000. The lowest BCUT2D eigenvalue weighted by atomic mass is 10.2. The average Bonchev–Trinajstić information content (AvgIpc) is 3.25.